The molecule has 122 valence electrons. The predicted octanol–water partition coefficient (Wildman–Crippen LogP) is 3.17. The second-order valence-corrected chi connectivity index (χ2v) is 6.78. The molecule has 1 aliphatic carbocycles. The number of carbonyl (C=O) groups is 1. The Hall–Kier alpha value is -2.33. The van der Waals surface area contributed by atoms with E-state index in [1.54, 1.807) is 7.11 Å². The van der Waals surface area contributed by atoms with Gasteiger partial charge in [-0.2, -0.15) is 0 Å². The van der Waals surface area contributed by atoms with Crippen LogP contribution in [0.4, 0.5) is 0 Å². The summed E-state index contributed by atoms with van der Waals surface area (Å²) >= 11 is 0. The minimum Gasteiger partial charge on any atom is -0.497 e. The fourth-order valence-corrected chi connectivity index (χ4v) is 4.62. The highest BCUT2D eigenvalue weighted by Gasteiger charge is 2.61. The largest absolute Gasteiger partial charge is 0.497 e. The molecule has 2 saturated heterocycles. The molecule has 4 heteroatoms. The van der Waals surface area contributed by atoms with E-state index >= 15 is 0 Å². The third-order valence-electron chi connectivity index (χ3n) is 5.65. The third kappa shape index (κ3) is 1.69. The number of hydrogen-bond acceptors (Lipinski definition) is 3. The first kappa shape index (κ1) is 14.1. The fourth-order valence-electron chi connectivity index (χ4n) is 4.62. The number of fused-ring (bicyclic) bond motifs is 5. The molecule has 0 radical (unpaired) electrons. The van der Waals surface area contributed by atoms with Crippen LogP contribution in [0.1, 0.15) is 35.6 Å². The molecule has 2 aromatic rings. The van der Waals surface area contributed by atoms with Crippen LogP contribution in [0.2, 0.25) is 0 Å². The normalized spacial score (nSPS) is 30.2. The van der Waals surface area contributed by atoms with E-state index in [4.69, 9.17) is 9.47 Å². The molecule has 2 aliphatic heterocycles. The van der Waals surface area contributed by atoms with Gasteiger partial charge in [0, 0.05) is 24.8 Å². The molecule has 0 saturated carbocycles. The maximum absolute atomic E-state index is 12.7. The van der Waals surface area contributed by atoms with Gasteiger partial charge < -0.3 is 14.4 Å². The maximum Gasteiger partial charge on any atom is 0.225 e. The molecule has 2 fully saturated rings. The molecule has 0 unspecified atom stereocenters. The van der Waals surface area contributed by atoms with Gasteiger partial charge in [-0.05, 0) is 23.3 Å². The van der Waals surface area contributed by atoms with Crippen molar-refractivity contribution in [2.24, 2.45) is 0 Å². The summed E-state index contributed by atoms with van der Waals surface area (Å²) in [6.45, 7) is 0. The van der Waals surface area contributed by atoms with Crippen LogP contribution in [-0.4, -0.2) is 24.0 Å². The molecule has 4 nitrogen and oxygen atoms in total. The standard InChI is InChI=1S/C20H19NO3/c1-23-15-8-6-14(7-9-15)20-11-10-18(22)21(20)19-16-5-3-2-4-13(16)12-17(19)24-20/h2-9,17,19H,10-12H2,1H3/t17-,19+,20+/m1/s1. The Morgan fingerprint density at radius 3 is 2.75 bits per heavy atom. The van der Waals surface area contributed by atoms with Gasteiger partial charge in [0.2, 0.25) is 5.91 Å². The Labute approximate surface area is 141 Å². The van der Waals surface area contributed by atoms with Crippen molar-refractivity contribution in [1.82, 2.24) is 4.90 Å². The molecule has 0 spiro atoms. The molecule has 24 heavy (non-hydrogen) atoms. The van der Waals surface area contributed by atoms with E-state index in [-0.39, 0.29) is 18.1 Å². The molecule has 3 aliphatic rings. The predicted molar refractivity (Wildman–Crippen MR) is 88.5 cm³/mol. The van der Waals surface area contributed by atoms with Crippen LogP contribution in [0.5, 0.6) is 5.75 Å². The molecule has 0 bridgehead atoms. The Morgan fingerprint density at radius 2 is 1.96 bits per heavy atom. The lowest BCUT2D eigenvalue weighted by molar-refractivity contribution is -0.141. The van der Waals surface area contributed by atoms with Crippen LogP contribution < -0.4 is 4.74 Å². The lowest BCUT2D eigenvalue weighted by Gasteiger charge is -2.34. The zero-order valence-electron chi connectivity index (χ0n) is 13.6. The maximum atomic E-state index is 12.7. The fraction of sp³-hybridized carbons (Fsp3) is 0.350. The number of benzene rings is 2. The molecule has 5 rings (SSSR count). The number of nitrogens with zero attached hydrogens (tertiary/aromatic N) is 1. The van der Waals surface area contributed by atoms with E-state index < -0.39 is 5.72 Å². The highest BCUT2D eigenvalue weighted by Crippen LogP contribution is 2.57. The van der Waals surface area contributed by atoms with Crippen molar-refractivity contribution in [2.45, 2.75) is 37.1 Å². The third-order valence-corrected chi connectivity index (χ3v) is 5.65. The first-order valence-corrected chi connectivity index (χ1v) is 8.45. The van der Waals surface area contributed by atoms with Gasteiger partial charge in [0.25, 0.3) is 0 Å². The van der Waals surface area contributed by atoms with Crippen molar-refractivity contribution in [2.75, 3.05) is 7.11 Å². The molecule has 0 aromatic heterocycles. The number of rotatable bonds is 2. The van der Waals surface area contributed by atoms with E-state index in [1.807, 2.05) is 29.2 Å². The van der Waals surface area contributed by atoms with Crippen molar-refractivity contribution in [3.63, 3.8) is 0 Å². The van der Waals surface area contributed by atoms with Crippen molar-refractivity contribution in [3.05, 3.63) is 65.2 Å². The van der Waals surface area contributed by atoms with Gasteiger partial charge >= 0.3 is 0 Å². The molecule has 3 atom stereocenters. The topological polar surface area (TPSA) is 38.8 Å². The average Bonchev–Trinajstić information content (AvgIpc) is 3.23. The lowest BCUT2D eigenvalue weighted by Crippen LogP contribution is -2.40. The first-order valence-electron chi connectivity index (χ1n) is 8.45. The Kier molecular flexibility index (Phi) is 2.83. The van der Waals surface area contributed by atoms with E-state index in [9.17, 15) is 4.79 Å². The summed E-state index contributed by atoms with van der Waals surface area (Å²) in [7, 11) is 1.66. The monoisotopic (exact) mass is 321 g/mol. The molecule has 1 amide bonds. The summed E-state index contributed by atoms with van der Waals surface area (Å²) in [6, 6.07) is 16.4. The van der Waals surface area contributed by atoms with Crippen molar-refractivity contribution in [3.8, 4) is 5.75 Å². The summed E-state index contributed by atoms with van der Waals surface area (Å²) in [5.41, 5.74) is 2.97. The highest BCUT2D eigenvalue weighted by molar-refractivity contribution is 5.81. The minimum atomic E-state index is -0.619. The van der Waals surface area contributed by atoms with Gasteiger partial charge in [0.1, 0.15) is 5.75 Å². The summed E-state index contributed by atoms with van der Waals surface area (Å²) in [5, 5.41) is 0. The van der Waals surface area contributed by atoms with Crippen LogP contribution in [0, 0.1) is 0 Å². The van der Waals surface area contributed by atoms with Crippen molar-refractivity contribution >= 4 is 5.91 Å². The SMILES string of the molecule is COc1ccc([C@@]23CCC(=O)N2[C@H]2c4ccccc4C[C@H]2O3)cc1. The molecular weight excluding hydrogens is 302 g/mol. The van der Waals surface area contributed by atoms with Gasteiger partial charge in [-0.1, -0.05) is 36.4 Å². The summed E-state index contributed by atoms with van der Waals surface area (Å²) in [4.78, 5) is 14.7. The number of ether oxygens (including phenoxy) is 2. The van der Waals surface area contributed by atoms with Crippen LogP contribution >= 0.6 is 0 Å². The smallest absolute Gasteiger partial charge is 0.225 e. The van der Waals surface area contributed by atoms with Crippen molar-refractivity contribution in [1.29, 1.82) is 0 Å². The van der Waals surface area contributed by atoms with Gasteiger partial charge in [-0.15, -0.1) is 0 Å². The minimum absolute atomic E-state index is 0.0401. The number of amides is 1. The Bertz CT molecular complexity index is 816. The lowest BCUT2D eigenvalue weighted by atomic mass is 9.99. The quantitative estimate of drug-likeness (QED) is 0.853. The number of hydrogen-bond donors (Lipinski definition) is 0. The van der Waals surface area contributed by atoms with Gasteiger partial charge in [-0.25, -0.2) is 0 Å². The van der Waals surface area contributed by atoms with E-state index in [2.05, 4.69) is 24.3 Å². The average molecular weight is 321 g/mol. The van der Waals surface area contributed by atoms with E-state index in [1.165, 1.54) is 11.1 Å². The zero-order chi connectivity index (χ0) is 16.3. The van der Waals surface area contributed by atoms with E-state index in [0.717, 1.165) is 17.7 Å². The summed E-state index contributed by atoms with van der Waals surface area (Å²) < 4.78 is 11.8. The van der Waals surface area contributed by atoms with Crippen LogP contribution in [0.3, 0.4) is 0 Å². The van der Waals surface area contributed by atoms with Gasteiger partial charge in [0.05, 0.1) is 19.3 Å². The van der Waals surface area contributed by atoms with Gasteiger partial charge in [0.15, 0.2) is 5.72 Å². The van der Waals surface area contributed by atoms with E-state index in [0.29, 0.717) is 12.8 Å². The second kappa shape index (κ2) is 4.84. The highest BCUT2D eigenvalue weighted by atomic mass is 16.5. The molecular formula is C20H19NO3. The Morgan fingerprint density at radius 1 is 1.17 bits per heavy atom. The number of methoxy groups -OCH3 is 1. The van der Waals surface area contributed by atoms with Crippen molar-refractivity contribution < 1.29 is 14.3 Å². The molecule has 0 N–H and O–H groups in total. The molecule has 2 heterocycles. The van der Waals surface area contributed by atoms with Crippen LogP contribution in [0.15, 0.2) is 48.5 Å². The second-order valence-electron chi connectivity index (χ2n) is 6.78. The van der Waals surface area contributed by atoms with Crippen LogP contribution in [-0.2, 0) is 21.7 Å². The first-order chi connectivity index (χ1) is 11.7. The van der Waals surface area contributed by atoms with Gasteiger partial charge in [-0.3, -0.25) is 4.79 Å². The molecule has 2 aromatic carbocycles. The Balaban J connectivity index is 1.61. The summed E-state index contributed by atoms with van der Waals surface area (Å²) in [6.07, 6.45) is 2.18. The number of carbonyl (C=O) groups excluding carboxylic acids is 1. The summed E-state index contributed by atoms with van der Waals surface area (Å²) in [5.74, 6) is 1.00. The zero-order valence-corrected chi connectivity index (χ0v) is 13.6. The van der Waals surface area contributed by atoms with Crippen LogP contribution in [0.25, 0.3) is 0 Å².